The highest BCUT2D eigenvalue weighted by Crippen LogP contribution is 2.21. The zero-order valence-corrected chi connectivity index (χ0v) is 13.7. The molecule has 114 valence electrons. The van der Waals surface area contributed by atoms with E-state index in [0.717, 1.165) is 5.75 Å². The third-order valence-corrected chi connectivity index (χ3v) is 3.73. The van der Waals surface area contributed by atoms with E-state index >= 15 is 0 Å². The molecule has 6 nitrogen and oxygen atoms in total. The van der Waals surface area contributed by atoms with Gasteiger partial charge in [0.25, 0.3) is 0 Å². The van der Waals surface area contributed by atoms with Crippen molar-refractivity contribution in [2.24, 2.45) is 0 Å². The maximum absolute atomic E-state index is 11.9. The van der Waals surface area contributed by atoms with Gasteiger partial charge in [-0.2, -0.15) is 16.7 Å². The summed E-state index contributed by atoms with van der Waals surface area (Å²) in [4.78, 5) is 17.6. The van der Waals surface area contributed by atoms with Gasteiger partial charge in [-0.3, -0.25) is 0 Å². The second-order valence-corrected chi connectivity index (χ2v) is 7.43. The molecule has 1 aromatic rings. The number of nitrogens with one attached hydrogen (secondary N) is 1. The molecule has 0 saturated carbocycles. The summed E-state index contributed by atoms with van der Waals surface area (Å²) in [6.07, 6.45) is 0.701. The number of aromatic nitrogens is 2. The second-order valence-electron chi connectivity index (χ2n) is 5.51. The van der Waals surface area contributed by atoms with Crippen LogP contribution in [-0.4, -0.2) is 45.2 Å². The molecule has 1 N–H and O–H groups in total. The number of amides is 2. The van der Waals surface area contributed by atoms with Crippen LogP contribution in [-0.2, 0) is 13.0 Å². The number of carbonyl (C=O) groups excluding carboxylic acids is 1. The van der Waals surface area contributed by atoms with E-state index in [2.05, 4.69) is 36.2 Å². The van der Waals surface area contributed by atoms with Gasteiger partial charge in [-0.1, -0.05) is 32.9 Å². The van der Waals surface area contributed by atoms with Crippen LogP contribution in [0.2, 0.25) is 0 Å². The molecule has 0 spiro atoms. The van der Waals surface area contributed by atoms with Crippen molar-refractivity contribution < 1.29 is 9.32 Å². The SMILES string of the molecule is CCc1nc(CN(C)C(=O)NCCSC(C)(C)C)no1. The first-order valence-electron chi connectivity index (χ1n) is 6.76. The van der Waals surface area contributed by atoms with Crippen LogP contribution < -0.4 is 5.32 Å². The molecule has 0 aliphatic heterocycles. The number of thioether (sulfide) groups is 1. The average molecular weight is 300 g/mol. The van der Waals surface area contributed by atoms with Crippen LogP contribution in [0.1, 0.15) is 39.4 Å². The molecule has 0 fully saturated rings. The predicted molar refractivity (Wildman–Crippen MR) is 80.8 cm³/mol. The van der Waals surface area contributed by atoms with Gasteiger partial charge in [-0.25, -0.2) is 4.79 Å². The molecule has 1 rings (SSSR count). The number of hydrogen-bond donors (Lipinski definition) is 1. The highest BCUT2D eigenvalue weighted by Gasteiger charge is 2.14. The average Bonchev–Trinajstić information content (AvgIpc) is 2.80. The first-order chi connectivity index (χ1) is 9.31. The molecule has 0 bridgehead atoms. The Bertz CT molecular complexity index is 428. The van der Waals surface area contributed by atoms with E-state index in [4.69, 9.17) is 4.52 Å². The Kier molecular flexibility index (Phi) is 6.32. The summed E-state index contributed by atoms with van der Waals surface area (Å²) in [6.45, 7) is 9.42. The van der Waals surface area contributed by atoms with E-state index in [9.17, 15) is 4.79 Å². The smallest absolute Gasteiger partial charge is 0.317 e. The largest absolute Gasteiger partial charge is 0.339 e. The summed E-state index contributed by atoms with van der Waals surface area (Å²) in [6, 6.07) is -0.123. The van der Waals surface area contributed by atoms with Crippen molar-refractivity contribution in [3.05, 3.63) is 11.7 Å². The zero-order chi connectivity index (χ0) is 15.2. The number of carbonyl (C=O) groups is 1. The summed E-state index contributed by atoms with van der Waals surface area (Å²) in [5, 5.41) is 6.70. The molecule has 1 heterocycles. The van der Waals surface area contributed by atoms with E-state index in [1.165, 1.54) is 0 Å². The van der Waals surface area contributed by atoms with Gasteiger partial charge in [0.05, 0.1) is 6.54 Å². The third kappa shape index (κ3) is 6.27. The van der Waals surface area contributed by atoms with Gasteiger partial charge in [0, 0.05) is 30.5 Å². The Hall–Kier alpha value is -1.24. The van der Waals surface area contributed by atoms with Crippen LogP contribution in [0.5, 0.6) is 0 Å². The first kappa shape index (κ1) is 16.8. The number of rotatable bonds is 6. The van der Waals surface area contributed by atoms with Crippen LogP contribution in [0.15, 0.2) is 4.52 Å². The van der Waals surface area contributed by atoms with Crippen molar-refractivity contribution in [2.75, 3.05) is 19.3 Å². The molecule has 0 unspecified atom stereocenters. The molecule has 0 atom stereocenters. The molecule has 20 heavy (non-hydrogen) atoms. The number of aryl methyl sites for hydroxylation is 1. The molecule has 0 radical (unpaired) electrons. The van der Waals surface area contributed by atoms with Crippen LogP contribution in [0.25, 0.3) is 0 Å². The van der Waals surface area contributed by atoms with E-state index in [-0.39, 0.29) is 10.8 Å². The maximum atomic E-state index is 11.9. The van der Waals surface area contributed by atoms with Gasteiger partial charge in [0.2, 0.25) is 5.89 Å². The summed E-state index contributed by atoms with van der Waals surface area (Å²) in [5.74, 6) is 2.02. The first-order valence-corrected chi connectivity index (χ1v) is 7.74. The molecule has 0 saturated heterocycles. The van der Waals surface area contributed by atoms with E-state index in [1.807, 2.05) is 18.7 Å². The van der Waals surface area contributed by atoms with Crippen molar-refractivity contribution >= 4 is 17.8 Å². The summed E-state index contributed by atoms with van der Waals surface area (Å²) in [5.41, 5.74) is 0. The summed E-state index contributed by atoms with van der Waals surface area (Å²) >= 11 is 1.82. The lowest BCUT2D eigenvalue weighted by Crippen LogP contribution is -2.38. The third-order valence-electron chi connectivity index (χ3n) is 2.45. The fraction of sp³-hybridized carbons (Fsp3) is 0.769. The van der Waals surface area contributed by atoms with Gasteiger partial charge >= 0.3 is 6.03 Å². The summed E-state index contributed by atoms with van der Waals surface area (Å²) in [7, 11) is 1.72. The Morgan fingerprint density at radius 3 is 2.70 bits per heavy atom. The van der Waals surface area contributed by atoms with Crippen molar-refractivity contribution in [3.63, 3.8) is 0 Å². The van der Waals surface area contributed by atoms with E-state index in [1.54, 1.807) is 11.9 Å². The molecule has 0 aliphatic carbocycles. The summed E-state index contributed by atoms with van der Waals surface area (Å²) < 4.78 is 5.23. The fourth-order valence-electron chi connectivity index (χ4n) is 1.43. The van der Waals surface area contributed by atoms with Gasteiger partial charge < -0.3 is 14.7 Å². The van der Waals surface area contributed by atoms with Crippen molar-refractivity contribution in [1.29, 1.82) is 0 Å². The molecular weight excluding hydrogens is 276 g/mol. The van der Waals surface area contributed by atoms with Crippen molar-refractivity contribution in [1.82, 2.24) is 20.4 Å². The molecule has 0 aliphatic rings. The van der Waals surface area contributed by atoms with Crippen LogP contribution >= 0.6 is 11.8 Å². The van der Waals surface area contributed by atoms with Crippen molar-refractivity contribution in [2.45, 2.75) is 45.4 Å². The highest BCUT2D eigenvalue weighted by molar-refractivity contribution is 8.00. The normalized spacial score (nSPS) is 11.4. The lowest BCUT2D eigenvalue weighted by molar-refractivity contribution is 0.206. The molecular formula is C13H24N4O2S. The number of nitrogens with zero attached hydrogens (tertiary/aromatic N) is 3. The zero-order valence-electron chi connectivity index (χ0n) is 12.9. The minimum atomic E-state index is -0.123. The quantitative estimate of drug-likeness (QED) is 0.816. The van der Waals surface area contributed by atoms with E-state index < -0.39 is 0 Å². The number of hydrogen-bond acceptors (Lipinski definition) is 5. The minimum absolute atomic E-state index is 0.123. The van der Waals surface area contributed by atoms with Gasteiger partial charge in [-0.15, -0.1) is 0 Å². The Balaban J connectivity index is 2.28. The second kappa shape index (κ2) is 7.52. The topological polar surface area (TPSA) is 71.3 Å². The minimum Gasteiger partial charge on any atom is -0.339 e. The fourth-order valence-corrected chi connectivity index (χ4v) is 2.25. The molecule has 2 amide bonds. The standard InChI is InChI=1S/C13H24N4O2S/c1-6-11-15-10(16-19-11)9-17(5)12(18)14-7-8-20-13(2,3)4/h6-9H2,1-5H3,(H,14,18). The van der Waals surface area contributed by atoms with Gasteiger partial charge in [0.15, 0.2) is 5.82 Å². The van der Waals surface area contributed by atoms with Crippen molar-refractivity contribution in [3.8, 4) is 0 Å². The number of urea groups is 1. The Morgan fingerprint density at radius 1 is 1.45 bits per heavy atom. The molecule has 1 aromatic heterocycles. The predicted octanol–water partition coefficient (Wildman–Crippen LogP) is 2.31. The Labute approximate surface area is 124 Å². The maximum Gasteiger partial charge on any atom is 0.317 e. The van der Waals surface area contributed by atoms with Crippen LogP contribution in [0.4, 0.5) is 4.79 Å². The molecule has 0 aromatic carbocycles. The lowest BCUT2D eigenvalue weighted by atomic mass is 10.3. The lowest BCUT2D eigenvalue weighted by Gasteiger charge is -2.19. The van der Waals surface area contributed by atoms with E-state index in [0.29, 0.717) is 31.2 Å². The van der Waals surface area contributed by atoms with Gasteiger partial charge in [-0.05, 0) is 0 Å². The van der Waals surface area contributed by atoms with Crippen LogP contribution in [0.3, 0.4) is 0 Å². The molecule has 7 heteroatoms. The van der Waals surface area contributed by atoms with Gasteiger partial charge in [0.1, 0.15) is 0 Å². The monoisotopic (exact) mass is 300 g/mol. The van der Waals surface area contributed by atoms with Crippen LogP contribution in [0, 0.1) is 0 Å². The Morgan fingerprint density at radius 2 is 2.15 bits per heavy atom. The highest BCUT2D eigenvalue weighted by atomic mass is 32.2.